The molecule has 0 unspecified atom stereocenters. The van der Waals surface area contributed by atoms with Crippen LogP contribution in [0.4, 0.5) is 13.2 Å². The molecule has 1 N–H and O–H groups in total. The van der Waals surface area contributed by atoms with Crippen molar-refractivity contribution >= 4 is 11.8 Å². The van der Waals surface area contributed by atoms with Gasteiger partial charge in [0.25, 0.3) is 0 Å². The van der Waals surface area contributed by atoms with Gasteiger partial charge < -0.3 is 9.84 Å². The van der Waals surface area contributed by atoms with Crippen molar-refractivity contribution < 1.29 is 32.6 Å². The van der Waals surface area contributed by atoms with Gasteiger partial charge in [-0.15, -0.1) is 0 Å². The molecule has 24 heavy (non-hydrogen) atoms. The standard InChI is InChI=1S/C17H13F3O4/c1-10(21)13-7-6-12(8-14(13)16(22)23)24-9-11-4-2-3-5-15(11)17(18,19)20/h2-8H,9H2,1H3,(H,22,23). The number of rotatable bonds is 5. The van der Waals surface area contributed by atoms with E-state index < -0.39 is 23.5 Å². The van der Waals surface area contributed by atoms with Crippen LogP contribution < -0.4 is 4.74 Å². The lowest BCUT2D eigenvalue weighted by molar-refractivity contribution is -0.138. The van der Waals surface area contributed by atoms with Gasteiger partial charge in [0.05, 0.1) is 11.1 Å². The topological polar surface area (TPSA) is 63.6 Å². The Kier molecular flexibility index (Phi) is 4.92. The van der Waals surface area contributed by atoms with Crippen molar-refractivity contribution in [2.45, 2.75) is 19.7 Å². The summed E-state index contributed by atoms with van der Waals surface area (Å²) in [6, 6.07) is 8.70. The molecule has 0 spiro atoms. The molecule has 0 fully saturated rings. The number of ether oxygens (including phenoxy) is 1. The highest BCUT2D eigenvalue weighted by atomic mass is 19.4. The summed E-state index contributed by atoms with van der Waals surface area (Å²) < 4.78 is 44.0. The fraction of sp³-hybridized carbons (Fsp3) is 0.176. The van der Waals surface area contributed by atoms with E-state index >= 15 is 0 Å². The van der Waals surface area contributed by atoms with Gasteiger partial charge in [-0.3, -0.25) is 4.79 Å². The SMILES string of the molecule is CC(=O)c1ccc(OCc2ccccc2C(F)(F)F)cc1C(=O)O. The highest BCUT2D eigenvalue weighted by Gasteiger charge is 2.33. The van der Waals surface area contributed by atoms with E-state index in [1.54, 1.807) is 0 Å². The Bertz CT molecular complexity index is 782. The molecule has 126 valence electrons. The zero-order valence-corrected chi connectivity index (χ0v) is 12.6. The zero-order valence-electron chi connectivity index (χ0n) is 12.6. The van der Waals surface area contributed by atoms with Crippen LogP contribution in [0.3, 0.4) is 0 Å². The second-order valence-corrected chi connectivity index (χ2v) is 5.01. The third-order valence-electron chi connectivity index (χ3n) is 3.32. The molecule has 0 atom stereocenters. The van der Waals surface area contributed by atoms with Gasteiger partial charge in [-0.2, -0.15) is 13.2 Å². The van der Waals surface area contributed by atoms with Gasteiger partial charge in [-0.1, -0.05) is 18.2 Å². The number of hydrogen-bond acceptors (Lipinski definition) is 3. The number of carbonyl (C=O) groups is 2. The molecule has 0 aliphatic rings. The fourth-order valence-corrected chi connectivity index (χ4v) is 2.18. The Balaban J connectivity index is 2.27. The van der Waals surface area contributed by atoms with E-state index in [1.165, 1.54) is 37.3 Å². The lowest BCUT2D eigenvalue weighted by Crippen LogP contribution is -2.11. The molecule has 0 aromatic heterocycles. The molecule has 0 heterocycles. The van der Waals surface area contributed by atoms with Crippen LogP contribution in [0, 0.1) is 0 Å². The van der Waals surface area contributed by atoms with Crippen LogP contribution >= 0.6 is 0 Å². The first-order valence-corrected chi connectivity index (χ1v) is 6.86. The van der Waals surface area contributed by atoms with Crippen LogP contribution in [0.25, 0.3) is 0 Å². The monoisotopic (exact) mass is 338 g/mol. The summed E-state index contributed by atoms with van der Waals surface area (Å²) in [4.78, 5) is 22.6. The number of ketones is 1. The third kappa shape index (κ3) is 3.92. The van der Waals surface area contributed by atoms with Crippen molar-refractivity contribution in [1.29, 1.82) is 0 Å². The van der Waals surface area contributed by atoms with Crippen LogP contribution in [-0.2, 0) is 12.8 Å². The summed E-state index contributed by atoms with van der Waals surface area (Å²) in [5.74, 6) is -1.68. The predicted molar refractivity (Wildman–Crippen MR) is 79.2 cm³/mol. The second-order valence-electron chi connectivity index (χ2n) is 5.01. The number of benzene rings is 2. The fourth-order valence-electron chi connectivity index (χ4n) is 2.18. The molecule has 0 aliphatic carbocycles. The Morgan fingerprint density at radius 2 is 1.75 bits per heavy atom. The quantitative estimate of drug-likeness (QED) is 0.831. The number of carboxylic acid groups (broad SMARTS) is 1. The van der Waals surface area contributed by atoms with Gasteiger partial charge in [0.2, 0.25) is 0 Å². The van der Waals surface area contributed by atoms with E-state index in [0.717, 1.165) is 12.1 Å². The van der Waals surface area contributed by atoms with Crippen molar-refractivity contribution in [1.82, 2.24) is 0 Å². The number of alkyl halides is 3. The maximum absolute atomic E-state index is 12.9. The first-order valence-electron chi connectivity index (χ1n) is 6.86. The number of Topliss-reactive ketones (excluding diaryl/α,β-unsaturated/α-hetero) is 1. The summed E-state index contributed by atoms with van der Waals surface area (Å²) in [7, 11) is 0. The van der Waals surface area contributed by atoms with Gasteiger partial charge in [0.15, 0.2) is 5.78 Å². The molecule has 0 aliphatic heterocycles. The molecule has 7 heteroatoms. The van der Waals surface area contributed by atoms with Crippen molar-refractivity contribution in [2.75, 3.05) is 0 Å². The lowest BCUT2D eigenvalue weighted by Gasteiger charge is -2.14. The van der Waals surface area contributed by atoms with E-state index in [1.807, 2.05) is 0 Å². The first kappa shape index (κ1) is 17.5. The molecule has 2 aromatic rings. The summed E-state index contributed by atoms with van der Waals surface area (Å²) >= 11 is 0. The van der Waals surface area contributed by atoms with E-state index in [-0.39, 0.29) is 29.0 Å². The first-order chi connectivity index (χ1) is 11.2. The van der Waals surface area contributed by atoms with Gasteiger partial charge in [0, 0.05) is 11.1 Å². The van der Waals surface area contributed by atoms with Crippen molar-refractivity contribution in [3.8, 4) is 5.75 Å². The van der Waals surface area contributed by atoms with E-state index in [4.69, 9.17) is 9.84 Å². The van der Waals surface area contributed by atoms with E-state index in [2.05, 4.69) is 0 Å². The van der Waals surface area contributed by atoms with E-state index in [9.17, 15) is 22.8 Å². The smallest absolute Gasteiger partial charge is 0.416 e. The predicted octanol–water partition coefficient (Wildman–Crippen LogP) is 4.19. The highest BCUT2D eigenvalue weighted by Crippen LogP contribution is 2.32. The Labute approximate surface area is 135 Å². The molecule has 2 aromatic carbocycles. The third-order valence-corrected chi connectivity index (χ3v) is 3.32. The average Bonchev–Trinajstić information content (AvgIpc) is 2.51. The summed E-state index contributed by atoms with van der Waals surface area (Å²) in [6.45, 7) is 0.843. The Morgan fingerprint density at radius 3 is 2.33 bits per heavy atom. The molecule has 0 radical (unpaired) electrons. The molecule has 0 amide bonds. The van der Waals surface area contributed by atoms with Crippen molar-refractivity contribution in [3.05, 3.63) is 64.7 Å². The van der Waals surface area contributed by atoms with Crippen LogP contribution in [0.5, 0.6) is 5.75 Å². The summed E-state index contributed by atoms with van der Waals surface area (Å²) in [6.07, 6.45) is -4.51. The van der Waals surface area contributed by atoms with Crippen LogP contribution in [-0.4, -0.2) is 16.9 Å². The number of carbonyl (C=O) groups excluding carboxylic acids is 1. The maximum atomic E-state index is 12.9. The lowest BCUT2D eigenvalue weighted by atomic mass is 10.0. The minimum Gasteiger partial charge on any atom is -0.489 e. The van der Waals surface area contributed by atoms with Crippen LogP contribution in [0.2, 0.25) is 0 Å². The molecule has 0 saturated heterocycles. The minimum absolute atomic E-state index is 0.00513. The molecule has 2 rings (SSSR count). The van der Waals surface area contributed by atoms with Gasteiger partial charge in [0.1, 0.15) is 12.4 Å². The second kappa shape index (κ2) is 6.74. The van der Waals surface area contributed by atoms with Gasteiger partial charge in [-0.25, -0.2) is 4.79 Å². The normalized spacial score (nSPS) is 11.2. The number of hydrogen-bond donors (Lipinski definition) is 1. The van der Waals surface area contributed by atoms with Gasteiger partial charge >= 0.3 is 12.1 Å². The average molecular weight is 338 g/mol. The molecule has 4 nitrogen and oxygen atoms in total. The molecule has 0 bridgehead atoms. The van der Waals surface area contributed by atoms with Crippen molar-refractivity contribution in [2.24, 2.45) is 0 Å². The molecule has 0 saturated carbocycles. The highest BCUT2D eigenvalue weighted by molar-refractivity contribution is 6.05. The van der Waals surface area contributed by atoms with Gasteiger partial charge in [-0.05, 0) is 31.2 Å². The van der Waals surface area contributed by atoms with Crippen LogP contribution in [0.1, 0.15) is 38.8 Å². The molecular formula is C17H13F3O4. The van der Waals surface area contributed by atoms with E-state index in [0.29, 0.717) is 0 Å². The maximum Gasteiger partial charge on any atom is 0.416 e. The van der Waals surface area contributed by atoms with Crippen molar-refractivity contribution in [3.63, 3.8) is 0 Å². The largest absolute Gasteiger partial charge is 0.489 e. The Morgan fingerprint density at radius 1 is 1.08 bits per heavy atom. The summed E-state index contributed by atoms with van der Waals surface area (Å²) in [5.41, 5.74) is -1.14. The molecular weight excluding hydrogens is 325 g/mol. The zero-order chi connectivity index (χ0) is 17.9. The number of halogens is 3. The minimum atomic E-state index is -4.51. The van der Waals surface area contributed by atoms with Crippen LogP contribution in [0.15, 0.2) is 42.5 Å². The number of carboxylic acids is 1. The number of aromatic carboxylic acids is 1. The Hall–Kier alpha value is -2.83. The summed E-state index contributed by atoms with van der Waals surface area (Å²) in [5, 5.41) is 9.12.